The van der Waals surface area contributed by atoms with E-state index in [2.05, 4.69) is 10.3 Å². The van der Waals surface area contributed by atoms with E-state index in [1.165, 1.54) is 6.20 Å². The standard InChI is InChI=1S/C10H13ClFN3/c11-6-4-7(10(13)15-5-6)9(12)8-2-1-3-14-8/h4-5,8-9,14H,1-3H2,(H2,13,15). The van der Waals surface area contributed by atoms with Gasteiger partial charge in [0.15, 0.2) is 0 Å². The van der Waals surface area contributed by atoms with Gasteiger partial charge < -0.3 is 11.1 Å². The summed E-state index contributed by atoms with van der Waals surface area (Å²) < 4.78 is 14.0. The van der Waals surface area contributed by atoms with Crippen molar-refractivity contribution in [3.05, 3.63) is 22.8 Å². The van der Waals surface area contributed by atoms with Crippen molar-refractivity contribution in [3.63, 3.8) is 0 Å². The molecule has 0 aromatic carbocycles. The van der Waals surface area contributed by atoms with Crippen molar-refractivity contribution in [2.75, 3.05) is 12.3 Å². The number of halogens is 2. The maximum atomic E-state index is 14.0. The Hall–Kier alpha value is -0.870. The lowest BCUT2D eigenvalue weighted by Crippen LogP contribution is -2.27. The van der Waals surface area contributed by atoms with Gasteiger partial charge in [-0.2, -0.15) is 0 Å². The minimum atomic E-state index is -1.13. The van der Waals surface area contributed by atoms with Gasteiger partial charge in [0.25, 0.3) is 0 Å². The molecule has 0 spiro atoms. The lowest BCUT2D eigenvalue weighted by molar-refractivity contribution is 0.271. The molecule has 0 saturated carbocycles. The zero-order valence-electron chi connectivity index (χ0n) is 8.21. The van der Waals surface area contributed by atoms with Gasteiger partial charge in [0.2, 0.25) is 0 Å². The van der Waals surface area contributed by atoms with Crippen LogP contribution in [-0.2, 0) is 0 Å². The van der Waals surface area contributed by atoms with Crippen LogP contribution in [0.5, 0.6) is 0 Å². The van der Waals surface area contributed by atoms with Crippen LogP contribution >= 0.6 is 11.6 Å². The molecule has 1 saturated heterocycles. The normalized spacial score (nSPS) is 22.9. The number of rotatable bonds is 2. The Labute approximate surface area is 92.8 Å². The van der Waals surface area contributed by atoms with Gasteiger partial charge in [0.1, 0.15) is 12.0 Å². The summed E-state index contributed by atoms with van der Waals surface area (Å²) in [5.41, 5.74) is 6.01. The molecule has 1 aromatic heterocycles. The first-order chi connectivity index (χ1) is 7.18. The van der Waals surface area contributed by atoms with Crippen LogP contribution < -0.4 is 11.1 Å². The van der Waals surface area contributed by atoms with Gasteiger partial charge in [-0.3, -0.25) is 0 Å². The summed E-state index contributed by atoms with van der Waals surface area (Å²) in [5.74, 6) is 0.223. The number of hydrogen-bond acceptors (Lipinski definition) is 3. The maximum absolute atomic E-state index is 14.0. The van der Waals surface area contributed by atoms with Crippen molar-refractivity contribution in [3.8, 4) is 0 Å². The predicted molar refractivity (Wildman–Crippen MR) is 58.5 cm³/mol. The predicted octanol–water partition coefficient (Wildman–Crippen LogP) is 2.08. The topological polar surface area (TPSA) is 50.9 Å². The van der Waals surface area contributed by atoms with Crippen LogP contribution in [0.2, 0.25) is 5.02 Å². The highest BCUT2D eigenvalue weighted by atomic mass is 35.5. The SMILES string of the molecule is Nc1ncc(Cl)cc1C(F)C1CCCN1. The van der Waals surface area contributed by atoms with E-state index in [-0.39, 0.29) is 11.9 Å². The average molecular weight is 230 g/mol. The molecule has 2 heterocycles. The highest BCUT2D eigenvalue weighted by molar-refractivity contribution is 6.30. The Morgan fingerprint density at radius 2 is 2.47 bits per heavy atom. The van der Waals surface area contributed by atoms with Crippen molar-refractivity contribution in [2.24, 2.45) is 0 Å². The van der Waals surface area contributed by atoms with Gasteiger partial charge in [-0.1, -0.05) is 11.6 Å². The minimum absolute atomic E-state index is 0.160. The van der Waals surface area contributed by atoms with E-state index >= 15 is 0 Å². The van der Waals surface area contributed by atoms with Crippen molar-refractivity contribution < 1.29 is 4.39 Å². The molecule has 5 heteroatoms. The zero-order chi connectivity index (χ0) is 10.8. The third-order valence-corrected chi connectivity index (χ3v) is 2.87. The summed E-state index contributed by atoms with van der Waals surface area (Å²) in [6.07, 6.45) is 2.13. The second-order valence-electron chi connectivity index (χ2n) is 3.73. The largest absolute Gasteiger partial charge is 0.383 e. The number of anilines is 1. The zero-order valence-corrected chi connectivity index (χ0v) is 8.97. The fourth-order valence-electron chi connectivity index (χ4n) is 1.86. The molecule has 1 aromatic rings. The number of nitrogens with one attached hydrogen (secondary N) is 1. The van der Waals surface area contributed by atoms with E-state index in [4.69, 9.17) is 17.3 Å². The monoisotopic (exact) mass is 229 g/mol. The van der Waals surface area contributed by atoms with Crippen LogP contribution in [-0.4, -0.2) is 17.6 Å². The molecule has 2 atom stereocenters. The van der Waals surface area contributed by atoms with E-state index in [0.717, 1.165) is 19.4 Å². The van der Waals surface area contributed by atoms with E-state index in [1.807, 2.05) is 0 Å². The van der Waals surface area contributed by atoms with Crippen molar-refractivity contribution in [1.29, 1.82) is 0 Å². The van der Waals surface area contributed by atoms with E-state index in [1.54, 1.807) is 6.07 Å². The molecule has 1 aliphatic heterocycles. The molecule has 15 heavy (non-hydrogen) atoms. The second kappa shape index (κ2) is 4.33. The first kappa shape index (κ1) is 10.6. The van der Waals surface area contributed by atoms with Gasteiger partial charge in [-0.15, -0.1) is 0 Å². The van der Waals surface area contributed by atoms with E-state index in [0.29, 0.717) is 10.6 Å². The lowest BCUT2D eigenvalue weighted by Gasteiger charge is -2.17. The Kier molecular flexibility index (Phi) is 3.07. The average Bonchev–Trinajstić information content (AvgIpc) is 2.74. The number of aromatic nitrogens is 1. The molecular formula is C10H13ClFN3. The van der Waals surface area contributed by atoms with Gasteiger partial charge >= 0.3 is 0 Å². The highest BCUT2D eigenvalue weighted by Crippen LogP contribution is 2.30. The Morgan fingerprint density at radius 3 is 3.13 bits per heavy atom. The van der Waals surface area contributed by atoms with Crippen LogP contribution in [0.4, 0.5) is 10.2 Å². The molecule has 2 rings (SSSR count). The number of nitrogens with zero attached hydrogens (tertiary/aromatic N) is 1. The number of hydrogen-bond donors (Lipinski definition) is 2. The van der Waals surface area contributed by atoms with Crippen molar-refractivity contribution in [1.82, 2.24) is 10.3 Å². The molecule has 3 nitrogen and oxygen atoms in total. The number of nitrogen functional groups attached to an aromatic ring is 1. The molecule has 0 aliphatic carbocycles. The molecular weight excluding hydrogens is 217 g/mol. The fourth-order valence-corrected chi connectivity index (χ4v) is 2.03. The van der Waals surface area contributed by atoms with Crippen LogP contribution in [0.1, 0.15) is 24.6 Å². The van der Waals surface area contributed by atoms with Crippen molar-refractivity contribution in [2.45, 2.75) is 25.1 Å². The van der Waals surface area contributed by atoms with Crippen LogP contribution in [0, 0.1) is 0 Å². The molecule has 0 radical (unpaired) electrons. The third kappa shape index (κ3) is 2.21. The second-order valence-corrected chi connectivity index (χ2v) is 4.17. The summed E-state index contributed by atoms with van der Waals surface area (Å²) in [5, 5.41) is 3.52. The van der Waals surface area contributed by atoms with Gasteiger partial charge in [0, 0.05) is 17.8 Å². The van der Waals surface area contributed by atoms with Crippen LogP contribution in [0.25, 0.3) is 0 Å². The Bertz CT molecular complexity index is 353. The first-order valence-corrected chi connectivity index (χ1v) is 5.34. The number of nitrogens with two attached hydrogens (primary N) is 1. The molecule has 2 unspecified atom stereocenters. The molecule has 1 fully saturated rings. The van der Waals surface area contributed by atoms with Crippen molar-refractivity contribution >= 4 is 17.4 Å². The molecule has 0 bridgehead atoms. The van der Waals surface area contributed by atoms with Gasteiger partial charge in [-0.25, -0.2) is 9.37 Å². The fraction of sp³-hybridized carbons (Fsp3) is 0.500. The summed E-state index contributed by atoms with van der Waals surface area (Å²) in [7, 11) is 0. The molecule has 1 aliphatic rings. The first-order valence-electron chi connectivity index (χ1n) is 4.97. The molecule has 0 amide bonds. The van der Waals surface area contributed by atoms with Crippen LogP contribution in [0.15, 0.2) is 12.3 Å². The lowest BCUT2D eigenvalue weighted by atomic mass is 10.0. The van der Waals surface area contributed by atoms with E-state index in [9.17, 15) is 4.39 Å². The van der Waals surface area contributed by atoms with Gasteiger partial charge in [-0.05, 0) is 25.5 Å². The van der Waals surface area contributed by atoms with Crippen LogP contribution in [0.3, 0.4) is 0 Å². The third-order valence-electron chi connectivity index (χ3n) is 2.66. The maximum Gasteiger partial charge on any atom is 0.144 e. The van der Waals surface area contributed by atoms with Gasteiger partial charge in [0.05, 0.1) is 5.02 Å². The minimum Gasteiger partial charge on any atom is -0.383 e. The summed E-state index contributed by atoms with van der Waals surface area (Å²) in [4.78, 5) is 3.85. The summed E-state index contributed by atoms with van der Waals surface area (Å²) >= 11 is 5.76. The number of alkyl halides is 1. The summed E-state index contributed by atoms with van der Waals surface area (Å²) in [6.45, 7) is 0.860. The van der Waals surface area contributed by atoms with E-state index < -0.39 is 6.17 Å². The highest BCUT2D eigenvalue weighted by Gasteiger charge is 2.27. The molecule has 82 valence electrons. The Balaban J connectivity index is 2.23. The smallest absolute Gasteiger partial charge is 0.144 e. The number of pyridine rings is 1. The quantitative estimate of drug-likeness (QED) is 0.817. The Morgan fingerprint density at radius 1 is 1.67 bits per heavy atom. The summed E-state index contributed by atoms with van der Waals surface area (Å²) in [6, 6.07) is 1.39. The molecule has 3 N–H and O–H groups in total.